The zero-order valence-corrected chi connectivity index (χ0v) is 14.9. The minimum Gasteiger partial charge on any atom is -0.495 e. The number of carbonyl (C=O) groups is 2. The Morgan fingerprint density at radius 1 is 1.08 bits per heavy atom. The average molecular weight is 363 g/mol. The second-order valence-corrected chi connectivity index (χ2v) is 5.84. The molecule has 0 aliphatic rings. The molecule has 2 aromatic carbocycles. The number of nitrogens with one attached hydrogen (secondary N) is 2. The lowest BCUT2D eigenvalue weighted by atomic mass is 10.2. The maximum atomic E-state index is 12.2. The largest absolute Gasteiger partial charge is 0.495 e. The molecule has 132 valence electrons. The molecule has 0 heterocycles. The Kier molecular flexibility index (Phi) is 6.25. The Hall–Kier alpha value is -2.73. The molecule has 2 aromatic rings. The third-order valence-corrected chi connectivity index (χ3v) is 3.47. The number of amides is 2. The van der Waals surface area contributed by atoms with Crippen molar-refractivity contribution in [3.63, 3.8) is 0 Å². The average Bonchev–Trinajstić information content (AvgIpc) is 2.56. The highest BCUT2D eigenvalue weighted by Crippen LogP contribution is 2.24. The van der Waals surface area contributed by atoms with E-state index in [0.717, 1.165) is 0 Å². The first-order chi connectivity index (χ1) is 11.9. The molecule has 0 aliphatic carbocycles. The second-order valence-electron chi connectivity index (χ2n) is 5.43. The number of hydrogen-bond acceptors (Lipinski definition) is 4. The summed E-state index contributed by atoms with van der Waals surface area (Å²) in [5.74, 6) is -0.0104. The number of benzene rings is 2. The minimum atomic E-state index is -0.547. The molecule has 2 N–H and O–H groups in total. The zero-order chi connectivity index (χ0) is 18.4. The first kappa shape index (κ1) is 18.6. The molecule has 0 saturated carbocycles. The molecule has 0 atom stereocenters. The maximum absolute atomic E-state index is 12.2. The van der Waals surface area contributed by atoms with Gasteiger partial charge in [0, 0.05) is 5.69 Å². The van der Waals surface area contributed by atoms with E-state index in [1.165, 1.54) is 19.2 Å². The number of anilines is 2. The Balaban J connectivity index is 2.12. The standard InChI is InChI=1S/C18H19ClN2O4/c1-11(2)25-17(22)13-10-12(8-9-14(13)19)20-18(23)21-15-6-4-5-7-16(15)24-3/h4-11H,1-3H3,(H2,20,21,23). The van der Waals surface area contributed by atoms with Gasteiger partial charge in [0.15, 0.2) is 0 Å². The fourth-order valence-electron chi connectivity index (χ4n) is 2.07. The van der Waals surface area contributed by atoms with Crippen LogP contribution in [0.3, 0.4) is 0 Å². The second kappa shape index (κ2) is 8.39. The Morgan fingerprint density at radius 2 is 1.80 bits per heavy atom. The Labute approximate surface area is 151 Å². The van der Waals surface area contributed by atoms with Crippen LogP contribution in [0, 0.1) is 0 Å². The van der Waals surface area contributed by atoms with Crippen LogP contribution in [-0.2, 0) is 4.74 Å². The number of carbonyl (C=O) groups excluding carboxylic acids is 2. The van der Waals surface area contributed by atoms with Gasteiger partial charge in [-0.1, -0.05) is 23.7 Å². The van der Waals surface area contributed by atoms with Crippen molar-refractivity contribution in [1.82, 2.24) is 0 Å². The molecule has 0 radical (unpaired) electrons. The third kappa shape index (κ3) is 5.12. The molecule has 0 saturated heterocycles. The molecular formula is C18H19ClN2O4. The highest BCUT2D eigenvalue weighted by atomic mass is 35.5. The highest BCUT2D eigenvalue weighted by molar-refractivity contribution is 6.33. The SMILES string of the molecule is COc1ccccc1NC(=O)Nc1ccc(Cl)c(C(=O)OC(C)C)c1. The minimum absolute atomic E-state index is 0.186. The first-order valence-corrected chi connectivity index (χ1v) is 8.00. The van der Waals surface area contributed by atoms with Gasteiger partial charge in [-0.3, -0.25) is 0 Å². The normalized spacial score (nSPS) is 10.3. The van der Waals surface area contributed by atoms with E-state index in [2.05, 4.69) is 10.6 Å². The van der Waals surface area contributed by atoms with E-state index in [4.69, 9.17) is 21.1 Å². The summed E-state index contributed by atoms with van der Waals surface area (Å²) < 4.78 is 10.3. The summed E-state index contributed by atoms with van der Waals surface area (Å²) in [6.45, 7) is 3.49. The molecule has 0 fully saturated rings. The van der Waals surface area contributed by atoms with E-state index < -0.39 is 12.0 Å². The first-order valence-electron chi connectivity index (χ1n) is 7.62. The van der Waals surface area contributed by atoms with Gasteiger partial charge in [-0.05, 0) is 44.2 Å². The van der Waals surface area contributed by atoms with Crippen molar-refractivity contribution in [2.75, 3.05) is 17.7 Å². The van der Waals surface area contributed by atoms with Crippen LogP contribution in [-0.4, -0.2) is 25.2 Å². The van der Waals surface area contributed by atoms with Gasteiger partial charge in [0.2, 0.25) is 0 Å². The van der Waals surface area contributed by atoms with E-state index >= 15 is 0 Å². The summed E-state index contributed by atoms with van der Waals surface area (Å²) >= 11 is 6.03. The van der Waals surface area contributed by atoms with Crippen LogP contribution in [0.15, 0.2) is 42.5 Å². The predicted octanol–water partition coefficient (Wildman–Crippen LogP) is 4.56. The van der Waals surface area contributed by atoms with E-state index in [1.54, 1.807) is 44.2 Å². The summed E-state index contributed by atoms with van der Waals surface area (Å²) in [6.07, 6.45) is -0.269. The number of rotatable bonds is 5. The van der Waals surface area contributed by atoms with Crippen LogP contribution in [0.2, 0.25) is 5.02 Å². The molecule has 6 nitrogen and oxygen atoms in total. The van der Waals surface area contributed by atoms with Crippen molar-refractivity contribution in [2.45, 2.75) is 20.0 Å². The van der Waals surface area contributed by atoms with Crippen molar-refractivity contribution >= 4 is 35.0 Å². The third-order valence-electron chi connectivity index (χ3n) is 3.14. The lowest BCUT2D eigenvalue weighted by Crippen LogP contribution is -2.20. The summed E-state index contributed by atoms with van der Waals surface area (Å²) in [5.41, 5.74) is 1.12. The summed E-state index contributed by atoms with van der Waals surface area (Å²) in [6, 6.07) is 11.1. The fraction of sp³-hybridized carbons (Fsp3) is 0.222. The van der Waals surface area contributed by atoms with E-state index in [-0.39, 0.29) is 16.7 Å². The molecule has 0 aromatic heterocycles. The van der Waals surface area contributed by atoms with E-state index in [1.807, 2.05) is 0 Å². The molecule has 7 heteroatoms. The molecule has 25 heavy (non-hydrogen) atoms. The van der Waals surface area contributed by atoms with Crippen molar-refractivity contribution < 1.29 is 19.1 Å². The van der Waals surface area contributed by atoms with Gasteiger partial charge in [-0.25, -0.2) is 9.59 Å². The van der Waals surface area contributed by atoms with Crippen LogP contribution in [0.1, 0.15) is 24.2 Å². The van der Waals surface area contributed by atoms with Gasteiger partial charge in [-0.2, -0.15) is 0 Å². The van der Waals surface area contributed by atoms with Crippen LogP contribution >= 0.6 is 11.6 Å². The summed E-state index contributed by atoms with van der Waals surface area (Å²) in [4.78, 5) is 24.2. The van der Waals surface area contributed by atoms with E-state index in [9.17, 15) is 9.59 Å². The summed E-state index contributed by atoms with van der Waals surface area (Å²) in [5, 5.41) is 5.58. The number of halogens is 1. The quantitative estimate of drug-likeness (QED) is 0.764. The number of hydrogen-bond donors (Lipinski definition) is 2. The molecule has 0 spiro atoms. The molecule has 0 bridgehead atoms. The number of methoxy groups -OCH3 is 1. The molecular weight excluding hydrogens is 344 g/mol. The Bertz CT molecular complexity index is 777. The van der Waals surface area contributed by atoms with E-state index in [0.29, 0.717) is 17.1 Å². The van der Waals surface area contributed by atoms with Crippen molar-refractivity contribution in [2.24, 2.45) is 0 Å². The molecule has 0 aliphatic heterocycles. The molecule has 0 unspecified atom stereocenters. The van der Waals surface area contributed by atoms with Gasteiger partial charge >= 0.3 is 12.0 Å². The highest BCUT2D eigenvalue weighted by Gasteiger charge is 2.15. The van der Waals surface area contributed by atoms with Gasteiger partial charge in [0.05, 0.1) is 29.5 Å². The number of ether oxygens (including phenoxy) is 2. The lowest BCUT2D eigenvalue weighted by Gasteiger charge is -2.13. The maximum Gasteiger partial charge on any atom is 0.339 e. The number of para-hydroxylation sites is 2. The molecule has 2 amide bonds. The zero-order valence-electron chi connectivity index (χ0n) is 14.1. The summed E-state index contributed by atoms with van der Waals surface area (Å²) in [7, 11) is 1.52. The monoisotopic (exact) mass is 362 g/mol. The number of urea groups is 1. The van der Waals surface area contributed by atoms with Crippen LogP contribution < -0.4 is 15.4 Å². The lowest BCUT2D eigenvalue weighted by molar-refractivity contribution is 0.0378. The van der Waals surface area contributed by atoms with Crippen molar-refractivity contribution in [1.29, 1.82) is 0 Å². The molecule has 2 rings (SSSR count). The smallest absolute Gasteiger partial charge is 0.339 e. The van der Waals surface area contributed by atoms with Crippen LogP contribution in [0.4, 0.5) is 16.2 Å². The number of esters is 1. The van der Waals surface area contributed by atoms with Crippen molar-refractivity contribution in [3.8, 4) is 5.75 Å². The van der Waals surface area contributed by atoms with Gasteiger partial charge in [0.1, 0.15) is 5.75 Å². The van der Waals surface area contributed by atoms with Crippen molar-refractivity contribution in [3.05, 3.63) is 53.1 Å². The predicted molar refractivity (Wildman–Crippen MR) is 97.6 cm³/mol. The van der Waals surface area contributed by atoms with Gasteiger partial charge < -0.3 is 20.1 Å². The van der Waals surface area contributed by atoms with Crippen LogP contribution in [0.25, 0.3) is 0 Å². The Morgan fingerprint density at radius 3 is 2.48 bits per heavy atom. The topological polar surface area (TPSA) is 76.7 Å². The van der Waals surface area contributed by atoms with Gasteiger partial charge in [0.25, 0.3) is 0 Å². The van der Waals surface area contributed by atoms with Crippen LogP contribution in [0.5, 0.6) is 5.75 Å². The van der Waals surface area contributed by atoms with Gasteiger partial charge in [-0.15, -0.1) is 0 Å². The fourth-order valence-corrected chi connectivity index (χ4v) is 2.26.